The van der Waals surface area contributed by atoms with E-state index in [0.29, 0.717) is 5.71 Å². The van der Waals surface area contributed by atoms with Gasteiger partial charge in [-0.25, -0.2) is 0 Å². The van der Waals surface area contributed by atoms with Gasteiger partial charge >= 0.3 is 0 Å². The fourth-order valence-electron chi connectivity index (χ4n) is 0.235. The van der Waals surface area contributed by atoms with E-state index in [9.17, 15) is 0 Å². The third kappa shape index (κ3) is 2.80. The van der Waals surface area contributed by atoms with Gasteiger partial charge in [-0.05, 0) is 22.9 Å². The van der Waals surface area contributed by atoms with E-state index in [2.05, 4.69) is 21.2 Å². The Hall–Kier alpha value is -0.310. The van der Waals surface area contributed by atoms with Crippen LogP contribution in [0, 0.1) is 5.41 Å². The summed E-state index contributed by atoms with van der Waals surface area (Å²) in [6, 6.07) is 0. The largest absolute Gasteiger partial charge is 0.393 e. The van der Waals surface area contributed by atoms with Crippen LogP contribution < -0.4 is 5.32 Å². The first-order valence-corrected chi connectivity index (χ1v) is 3.06. The second-order valence-corrected chi connectivity index (χ2v) is 2.26. The first-order chi connectivity index (χ1) is 3.68. The molecule has 0 atom stereocenters. The van der Waals surface area contributed by atoms with Crippen molar-refractivity contribution in [3.8, 4) is 0 Å². The van der Waals surface area contributed by atoms with Gasteiger partial charge in [0.15, 0.2) is 0 Å². The van der Waals surface area contributed by atoms with Crippen molar-refractivity contribution in [1.82, 2.24) is 5.32 Å². The summed E-state index contributed by atoms with van der Waals surface area (Å²) >= 11 is 3.18. The van der Waals surface area contributed by atoms with E-state index in [1.165, 1.54) is 0 Å². The van der Waals surface area contributed by atoms with E-state index in [1.807, 2.05) is 0 Å². The topological polar surface area (TPSA) is 35.9 Å². The Kier molecular flexibility index (Phi) is 3.52. The van der Waals surface area contributed by atoms with Crippen LogP contribution in [0.25, 0.3) is 0 Å². The zero-order valence-corrected chi connectivity index (χ0v) is 6.54. The molecular formula is C5H9BrN2. The molecule has 3 heteroatoms. The minimum atomic E-state index is 0.527. The zero-order valence-electron chi connectivity index (χ0n) is 4.96. The van der Waals surface area contributed by atoms with E-state index in [1.54, 1.807) is 20.2 Å². The Morgan fingerprint density at radius 1 is 1.75 bits per heavy atom. The van der Waals surface area contributed by atoms with Gasteiger partial charge in [0.2, 0.25) is 0 Å². The number of rotatable bonds is 2. The molecule has 0 aliphatic heterocycles. The van der Waals surface area contributed by atoms with E-state index >= 15 is 0 Å². The Balaban J connectivity index is 3.80. The fraction of sp³-hybridized carbons (Fsp3) is 0.400. The molecule has 8 heavy (non-hydrogen) atoms. The molecule has 0 bridgehead atoms. The molecule has 0 radical (unpaired) electrons. The molecular weight excluding hydrogens is 168 g/mol. The van der Waals surface area contributed by atoms with Gasteiger partial charge in [0, 0.05) is 19.0 Å². The molecule has 0 aromatic rings. The van der Waals surface area contributed by atoms with Crippen LogP contribution in [0.2, 0.25) is 0 Å². The Labute approximate surface area is 57.6 Å². The van der Waals surface area contributed by atoms with Crippen molar-refractivity contribution in [3.63, 3.8) is 0 Å². The summed E-state index contributed by atoms with van der Waals surface area (Å²) in [5.41, 5.74) is 0.527. The first kappa shape index (κ1) is 7.69. The molecule has 0 saturated heterocycles. The highest BCUT2D eigenvalue weighted by molar-refractivity contribution is 9.12. The van der Waals surface area contributed by atoms with Gasteiger partial charge in [-0.2, -0.15) is 0 Å². The summed E-state index contributed by atoms with van der Waals surface area (Å²) in [5, 5.41) is 9.85. The summed E-state index contributed by atoms with van der Waals surface area (Å²) in [6.07, 6.45) is 1.72. The molecule has 0 spiro atoms. The van der Waals surface area contributed by atoms with Gasteiger partial charge in [-0.3, -0.25) is 0 Å². The minimum absolute atomic E-state index is 0.527. The molecule has 0 amide bonds. The maximum atomic E-state index is 7.05. The predicted molar refractivity (Wildman–Crippen MR) is 39.5 cm³/mol. The smallest absolute Gasteiger partial charge is 0.0536 e. The molecule has 0 aliphatic carbocycles. The van der Waals surface area contributed by atoms with Crippen molar-refractivity contribution in [1.29, 1.82) is 5.41 Å². The van der Waals surface area contributed by atoms with Crippen LogP contribution in [0.15, 0.2) is 10.7 Å². The third-order valence-electron chi connectivity index (χ3n) is 0.629. The summed E-state index contributed by atoms with van der Waals surface area (Å²) < 4.78 is 0.792. The van der Waals surface area contributed by atoms with Crippen LogP contribution in [0.5, 0.6) is 0 Å². The van der Waals surface area contributed by atoms with Crippen molar-refractivity contribution < 1.29 is 0 Å². The Morgan fingerprint density at radius 3 is 2.38 bits per heavy atom. The molecule has 0 fully saturated rings. The van der Waals surface area contributed by atoms with Crippen LogP contribution >= 0.6 is 15.9 Å². The maximum absolute atomic E-state index is 7.05. The highest BCUT2D eigenvalue weighted by Gasteiger charge is 1.88. The molecule has 2 nitrogen and oxygen atoms in total. The first-order valence-electron chi connectivity index (χ1n) is 2.27. The second kappa shape index (κ2) is 3.66. The highest BCUT2D eigenvalue weighted by Crippen LogP contribution is 2.02. The van der Waals surface area contributed by atoms with E-state index in [-0.39, 0.29) is 0 Å². The maximum Gasteiger partial charge on any atom is 0.0536 e. The minimum Gasteiger partial charge on any atom is -0.393 e. The predicted octanol–water partition coefficient (Wildman–Crippen LogP) is 1.48. The average molecular weight is 177 g/mol. The van der Waals surface area contributed by atoms with E-state index in [0.717, 1.165) is 4.48 Å². The van der Waals surface area contributed by atoms with Gasteiger partial charge in [-0.15, -0.1) is 0 Å². The molecule has 0 heterocycles. The summed E-state index contributed by atoms with van der Waals surface area (Å²) in [4.78, 5) is 0. The van der Waals surface area contributed by atoms with Crippen molar-refractivity contribution in [2.45, 2.75) is 6.92 Å². The molecule has 0 unspecified atom stereocenters. The van der Waals surface area contributed by atoms with Gasteiger partial charge in [0.1, 0.15) is 0 Å². The lowest BCUT2D eigenvalue weighted by molar-refractivity contribution is 1.10. The van der Waals surface area contributed by atoms with Crippen LogP contribution in [0.4, 0.5) is 0 Å². The quantitative estimate of drug-likeness (QED) is 0.615. The monoisotopic (exact) mass is 176 g/mol. The summed E-state index contributed by atoms with van der Waals surface area (Å²) in [5.74, 6) is 0. The molecule has 46 valence electrons. The molecule has 0 aromatic heterocycles. The molecule has 0 aliphatic rings. The molecule has 0 saturated carbocycles. The lowest BCUT2D eigenvalue weighted by Gasteiger charge is -1.91. The highest BCUT2D eigenvalue weighted by atomic mass is 79.9. The number of allylic oxidation sites excluding steroid dienone is 1. The lowest BCUT2D eigenvalue weighted by Crippen LogP contribution is -1.97. The normalized spacial score (nSPS) is 11.1. The molecule has 0 aromatic carbocycles. The molecule has 0 rings (SSSR count). The standard InChI is InChI=1S/C5H9BrN2/c1-4(7)5(6)3-8-2/h3,7-8H,1-2H3/b5-3+,7-4?. The van der Waals surface area contributed by atoms with Crippen molar-refractivity contribution in [2.24, 2.45) is 0 Å². The van der Waals surface area contributed by atoms with E-state index < -0.39 is 0 Å². The van der Waals surface area contributed by atoms with Crippen LogP contribution in [0.3, 0.4) is 0 Å². The van der Waals surface area contributed by atoms with Crippen LogP contribution in [0.1, 0.15) is 6.92 Å². The van der Waals surface area contributed by atoms with Crippen molar-refractivity contribution in [2.75, 3.05) is 7.05 Å². The second-order valence-electron chi connectivity index (χ2n) is 1.41. The van der Waals surface area contributed by atoms with Gasteiger partial charge in [0.25, 0.3) is 0 Å². The fourth-order valence-corrected chi connectivity index (χ4v) is 0.464. The number of nitrogens with one attached hydrogen (secondary N) is 2. The number of halogens is 1. The van der Waals surface area contributed by atoms with Gasteiger partial charge in [-0.1, -0.05) is 0 Å². The molecule has 2 N–H and O–H groups in total. The van der Waals surface area contributed by atoms with Crippen LogP contribution in [-0.4, -0.2) is 12.8 Å². The number of hydrogen-bond donors (Lipinski definition) is 2. The number of hydrogen-bond acceptors (Lipinski definition) is 2. The summed E-state index contributed by atoms with van der Waals surface area (Å²) in [7, 11) is 1.80. The van der Waals surface area contributed by atoms with E-state index in [4.69, 9.17) is 5.41 Å². The lowest BCUT2D eigenvalue weighted by atomic mass is 10.4. The van der Waals surface area contributed by atoms with Crippen LogP contribution in [-0.2, 0) is 0 Å². The Morgan fingerprint density at radius 2 is 2.25 bits per heavy atom. The zero-order chi connectivity index (χ0) is 6.57. The van der Waals surface area contributed by atoms with Gasteiger partial charge in [0.05, 0.1) is 4.48 Å². The Bertz CT molecular complexity index is 118. The van der Waals surface area contributed by atoms with Crippen molar-refractivity contribution >= 4 is 21.6 Å². The average Bonchev–Trinajstić information content (AvgIpc) is 1.67. The third-order valence-corrected chi connectivity index (χ3v) is 1.45. The van der Waals surface area contributed by atoms with Crippen molar-refractivity contribution in [3.05, 3.63) is 10.7 Å². The SMILES string of the molecule is CN/C=C(/Br)C(C)=N. The van der Waals surface area contributed by atoms with Gasteiger partial charge < -0.3 is 10.7 Å². The summed E-state index contributed by atoms with van der Waals surface area (Å²) in [6.45, 7) is 1.72.